The van der Waals surface area contributed by atoms with Crippen molar-refractivity contribution in [2.45, 2.75) is 24.9 Å². The van der Waals surface area contributed by atoms with Gasteiger partial charge in [-0.25, -0.2) is 0 Å². The largest absolute Gasteiger partial charge is 0.497 e. The maximum Gasteiger partial charge on any atom is 0.188 e. The molecule has 0 amide bonds. The van der Waals surface area contributed by atoms with Crippen molar-refractivity contribution >= 4 is 5.96 Å². The lowest BCUT2D eigenvalue weighted by Gasteiger charge is -2.30. The molecule has 1 aliphatic heterocycles. The highest BCUT2D eigenvalue weighted by Crippen LogP contribution is 2.20. The van der Waals surface area contributed by atoms with Gasteiger partial charge < -0.3 is 25.6 Å². The molecule has 1 heterocycles. The molecule has 0 bridgehead atoms. The number of benzene rings is 1. The topological polar surface area (TPSA) is 89.1 Å². The van der Waals surface area contributed by atoms with Crippen LogP contribution in [0.15, 0.2) is 29.3 Å². The monoisotopic (exact) mass is 307 g/mol. The maximum atomic E-state index is 10.3. The standard InChI is InChI=1S/C16H25N3O3/c1-21-14-4-2-13(3-5-14)6-9-18-15(17)19-12-16(20)7-10-22-11-8-16/h2-5,20H,6-12H2,1H3,(H3,17,18,19). The van der Waals surface area contributed by atoms with Crippen LogP contribution < -0.4 is 15.8 Å². The minimum atomic E-state index is -0.777. The van der Waals surface area contributed by atoms with Crippen LogP contribution in [0.2, 0.25) is 0 Å². The zero-order valence-corrected chi connectivity index (χ0v) is 13.0. The lowest BCUT2D eigenvalue weighted by atomic mass is 9.95. The molecule has 0 saturated carbocycles. The number of nitrogens with one attached hydrogen (secondary N) is 1. The van der Waals surface area contributed by atoms with Crippen molar-refractivity contribution in [1.29, 1.82) is 0 Å². The van der Waals surface area contributed by atoms with Crippen LogP contribution in [0.4, 0.5) is 0 Å². The molecule has 1 aliphatic rings. The fraction of sp³-hybridized carbons (Fsp3) is 0.562. The number of methoxy groups -OCH3 is 1. The molecule has 1 aromatic rings. The number of hydrogen-bond donors (Lipinski definition) is 3. The van der Waals surface area contributed by atoms with E-state index in [0.29, 0.717) is 45.1 Å². The first kappa shape index (κ1) is 16.6. The lowest BCUT2D eigenvalue weighted by molar-refractivity contribution is -0.0565. The van der Waals surface area contributed by atoms with Gasteiger partial charge >= 0.3 is 0 Å². The van der Waals surface area contributed by atoms with Crippen molar-refractivity contribution in [3.05, 3.63) is 29.8 Å². The van der Waals surface area contributed by atoms with E-state index in [0.717, 1.165) is 12.2 Å². The third kappa shape index (κ3) is 5.20. The van der Waals surface area contributed by atoms with Crippen molar-refractivity contribution in [2.24, 2.45) is 10.7 Å². The Morgan fingerprint density at radius 2 is 2.05 bits per heavy atom. The summed E-state index contributed by atoms with van der Waals surface area (Å²) < 4.78 is 10.4. The summed E-state index contributed by atoms with van der Waals surface area (Å²) in [5.74, 6) is 1.22. The maximum absolute atomic E-state index is 10.3. The van der Waals surface area contributed by atoms with E-state index < -0.39 is 5.60 Å². The average Bonchev–Trinajstić information content (AvgIpc) is 2.54. The van der Waals surface area contributed by atoms with Crippen LogP contribution in [0.1, 0.15) is 18.4 Å². The van der Waals surface area contributed by atoms with Crippen LogP contribution in [-0.2, 0) is 11.2 Å². The number of nitrogens with two attached hydrogens (primary N) is 1. The Bertz CT molecular complexity index is 482. The zero-order chi connectivity index (χ0) is 15.8. The van der Waals surface area contributed by atoms with E-state index in [1.807, 2.05) is 24.3 Å². The van der Waals surface area contributed by atoms with Gasteiger partial charge in [-0.2, -0.15) is 0 Å². The van der Waals surface area contributed by atoms with Crippen molar-refractivity contribution < 1.29 is 14.6 Å². The average molecular weight is 307 g/mol. The minimum absolute atomic E-state index is 0.317. The highest BCUT2D eigenvalue weighted by molar-refractivity contribution is 5.77. The van der Waals surface area contributed by atoms with Crippen LogP contribution in [0.25, 0.3) is 0 Å². The highest BCUT2D eigenvalue weighted by atomic mass is 16.5. The third-order valence-corrected chi connectivity index (χ3v) is 3.85. The molecule has 0 aliphatic carbocycles. The van der Waals surface area contributed by atoms with Gasteiger partial charge in [0.05, 0.1) is 19.3 Å². The summed E-state index contributed by atoms with van der Waals surface area (Å²) >= 11 is 0. The van der Waals surface area contributed by atoms with E-state index in [1.54, 1.807) is 7.11 Å². The summed E-state index contributed by atoms with van der Waals surface area (Å²) in [6.07, 6.45) is 2.06. The Balaban J connectivity index is 1.72. The van der Waals surface area contributed by atoms with Gasteiger partial charge in [-0.05, 0) is 24.1 Å². The van der Waals surface area contributed by atoms with Crippen molar-refractivity contribution in [2.75, 3.05) is 33.4 Å². The van der Waals surface area contributed by atoms with E-state index in [-0.39, 0.29) is 0 Å². The number of rotatable bonds is 6. The van der Waals surface area contributed by atoms with E-state index in [4.69, 9.17) is 15.2 Å². The number of hydrogen-bond acceptors (Lipinski definition) is 4. The smallest absolute Gasteiger partial charge is 0.188 e. The molecule has 1 aromatic carbocycles. The predicted molar refractivity (Wildman–Crippen MR) is 86.2 cm³/mol. The van der Waals surface area contributed by atoms with Crippen LogP contribution in [0, 0.1) is 0 Å². The molecule has 0 unspecified atom stereocenters. The van der Waals surface area contributed by atoms with Crippen LogP contribution in [0.3, 0.4) is 0 Å². The van der Waals surface area contributed by atoms with Crippen LogP contribution in [0.5, 0.6) is 5.75 Å². The molecule has 0 atom stereocenters. The number of nitrogens with zero attached hydrogens (tertiary/aromatic N) is 1. The number of aliphatic imine (C=N–C) groups is 1. The molecule has 122 valence electrons. The van der Waals surface area contributed by atoms with E-state index in [9.17, 15) is 5.11 Å². The van der Waals surface area contributed by atoms with Crippen LogP contribution >= 0.6 is 0 Å². The Kier molecular flexibility index (Phi) is 6.03. The molecular weight excluding hydrogens is 282 g/mol. The van der Waals surface area contributed by atoms with Gasteiger partial charge in [0.1, 0.15) is 5.75 Å². The van der Waals surface area contributed by atoms with Gasteiger partial charge in [0, 0.05) is 32.6 Å². The molecule has 0 radical (unpaired) electrons. The number of ether oxygens (including phenoxy) is 2. The van der Waals surface area contributed by atoms with Crippen molar-refractivity contribution in [1.82, 2.24) is 5.32 Å². The van der Waals surface area contributed by atoms with Gasteiger partial charge in [-0.3, -0.25) is 4.99 Å². The molecule has 6 heteroatoms. The molecule has 0 spiro atoms. The van der Waals surface area contributed by atoms with E-state index in [2.05, 4.69) is 10.3 Å². The summed E-state index contributed by atoms with van der Waals surface area (Å²) in [6.45, 7) is 2.18. The second-order valence-corrected chi connectivity index (χ2v) is 5.56. The van der Waals surface area contributed by atoms with Gasteiger partial charge in [0.15, 0.2) is 5.96 Å². The Labute approximate surface area is 131 Å². The van der Waals surface area contributed by atoms with E-state index in [1.165, 1.54) is 5.56 Å². The van der Waals surface area contributed by atoms with Crippen molar-refractivity contribution in [3.63, 3.8) is 0 Å². The summed E-state index contributed by atoms with van der Waals surface area (Å²) in [6, 6.07) is 7.93. The summed E-state index contributed by atoms with van der Waals surface area (Å²) in [5, 5.41) is 13.4. The number of aliphatic hydroxyl groups is 1. The van der Waals surface area contributed by atoms with Gasteiger partial charge in [0.25, 0.3) is 0 Å². The van der Waals surface area contributed by atoms with Gasteiger partial charge in [-0.15, -0.1) is 0 Å². The molecule has 1 fully saturated rings. The Hall–Kier alpha value is -1.79. The molecule has 22 heavy (non-hydrogen) atoms. The quantitative estimate of drug-likeness (QED) is 0.531. The molecule has 6 nitrogen and oxygen atoms in total. The first-order valence-corrected chi connectivity index (χ1v) is 7.58. The van der Waals surface area contributed by atoms with Crippen LogP contribution in [-0.4, -0.2) is 50.1 Å². The summed E-state index contributed by atoms with van der Waals surface area (Å²) in [7, 11) is 1.65. The Morgan fingerprint density at radius 1 is 1.36 bits per heavy atom. The normalized spacial score (nSPS) is 18.0. The SMILES string of the molecule is COc1ccc(CCNC(N)=NCC2(O)CCOCC2)cc1. The Morgan fingerprint density at radius 3 is 2.68 bits per heavy atom. The number of guanidine groups is 1. The fourth-order valence-corrected chi connectivity index (χ4v) is 2.32. The van der Waals surface area contributed by atoms with Crippen molar-refractivity contribution in [3.8, 4) is 5.75 Å². The molecule has 1 saturated heterocycles. The minimum Gasteiger partial charge on any atom is -0.497 e. The first-order chi connectivity index (χ1) is 10.6. The molecule has 4 N–H and O–H groups in total. The van der Waals surface area contributed by atoms with E-state index >= 15 is 0 Å². The third-order valence-electron chi connectivity index (χ3n) is 3.85. The summed E-state index contributed by atoms with van der Waals surface area (Å²) in [5.41, 5.74) is 6.26. The fourth-order valence-electron chi connectivity index (χ4n) is 2.32. The molecule has 0 aromatic heterocycles. The lowest BCUT2D eigenvalue weighted by Crippen LogP contribution is -2.41. The summed E-state index contributed by atoms with van der Waals surface area (Å²) in [4.78, 5) is 4.24. The second-order valence-electron chi connectivity index (χ2n) is 5.56. The zero-order valence-electron chi connectivity index (χ0n) is 13.0. The van der Waals surface area contributed by atoms with Gasteiger partial charge in [0.2, 0.25) is 0 Å². The molecular formula is C16H25N3O3. The predicted octanol–water partition coefficient (Wildman–Crippen LogP) is 0.684. The van der Waals surface area contributed by atoms with Gasteiger partial charge in [-0.1, -0.05) is 12.1 Å². The highest BCUT2D eigenvalue weighted by Gasteiger charge is 2.29. The molecule has 2 rings (SSSR count). The first-order valence-electron chi connectivity index (χ1n) is 7.58. The second kappa shape index (κ2) is 8.00.